The summed E-state index contributed by atoms with van der Waals surface area (Å²) in [5.74, 6) is 0.996. The van der Waals surface area contributed by atoms with Gasteiger partial charge in [0.15, 0.2) is 5.96 Å². The fourth-order valence-corrected chi connectivity index (χ4v) is 2.86. The van der Waals surface area contributed by atoms with E-state index in [9.17, 15) is 4.79 Å². The summed E-state index contributed by atoms with van der Waals surface area (Å²) in [7, 11) is 3.44. The van der Waals surface area contributed by atoms with Crippen LogP contribution in [0.4, 0.5) is 0 Å². The van der Waals surface area contributed by atoms with E-state index >= 15 is 0 Å². The molecule has 7 heteroatoms. The summed E-state index contributed by atoms with van der Waals surface area (Å²) in [6, 6.07) is 8.41. The Labute approximate surface area is 167 Å². The molecule has 2 rings (SSSR count). The van der Waals surface area contributed by atoms with Crippen LogP contribution in [0.1, 0.15) is 30.9 Å². The van der Waals surface area contributed by atoms with Crippen LogP contribution in [0, 0.1) is 0 Å². The Hall–Kier alpha value is -1.35. The number of ether oxygens (including phenoxy) is 1. The van der Waals surface area contributed by atoms with Crippen molar-refractivity contribution < 1.29 is 9.53 Å². The molecule has 1 amide bonds. The first-order chi connectivity index (χ1) is 11.6. The van der Waals surface area contributed by atoms with Gasteiger partial charge in [-0.1, -0.05) is 24.3 Å². The molecule has 0 saturated carbocycles. The minimum atomic E-state index is 0. The maximum absolute atomic E-state index is 11.9. The van der Waals surface area contributed by atoms with Crippen molar-refractivity contribution in [3.05, 3.63) is 35.4 Å². The minimum Gasteiger partial charge on any atom is -0.383 e. The maximum Gasteiger partial charge on any atom is 0.222 e. The molecule has 1 unspecified atom stereocenters. The summed E-state index contributed by atoms with van der Waals surface area (Å²) < 4.78 is 5.13. The fraction of sp³-hybridized carbons (Fsp3) is 0.556. The average Bonchev–Trinajstić information content (AvgIpc) is 2.98. The van der Waals surface area contributed by atoms with E-state index in [-0.39, 0.29) is 35.9 Å². The third-order valence-electron chi connectivity index (χ3n) is 4.12. The Balaban J connectivity index is 0.00000312. The Morgan fingerprint density at radius 1 is 1.36 bits per heavy atom. The zero-order chi connectivity index (χ0) is 17.4. The molecule has 1 aromatic carbocycles. The molecule has 1 aliphatic rings. The third-order valence-corrected chi connectivity index (χ3v) is 4.12. The van der Waals surface area contributed by atoms with Gasteiger partial charge >= 0.3 is 0 Å². The molecule has 6 nitrogen and oxygen atoms in total. The molecule has 0 radical (unpaired) electrons. The number of carbonyl (C=O) groups excluding carboxylic acids is 1. The zero-order valence-electron chi connectivity index (χ0n) is 15.2. The highest BCUT2D eigenvalue weighted by Crippen LogP contribution is 2.17. The van der Waals surface area contributed by atoms with Crippen molar-refractivity contribution in [2.24, 2.45) is 4.99 Å². The molecule has 140 valence electrons. The molecule has 0 spiro atoms. The maximum atomic E-state index is 11.9. The largest absolute Gasteiger partial charge is 0.383 e. The van der Waals surface area contributed by atoms with Crippen molar-refractivity contribution in [2.45, 2.75) is 38.9 Å². The molecule has 1 saturated heterocycles. The number of rotatable bonds is 7. The number of nitrogens with one attached hydrogen (secondary N) is 2. The second-order valence-electron chi connectivity index (χ2n) is 6.11. The Morgan fingerprint density at radius 3 is 2.68 bits per heavy atom. The Bertz CT molecular complexity index is 580. The second kappa shape index (κ2) is 11.3. The molecule has 1 aliphatic heterocycles. The van der Waals surface area contributed by atoms with Crippen LogP contribution in [0.2, 0.25) is 0 Å². The van der Waals surface area contributed by atoms with Gasteiger partial charge in [0.25, 0.3) is 0 Å². The normalized spacial score (nSPS) is 15.7. The second-order valence-corrected chi connectivity index (χ2v) is 6.11. The van der Waals surface area contributed by atoms with Crippen molar-refractivity contribution in [1.29, 1.82) is 0 Å². The van der Waals surface area contributed by atoms with Gasteiger partial charge in [-0.2, -0.15) is 0 Å². The number of hydrogen-bond acceptors (Lipinski definition) is 3. The first kappa shape index (κ1) is 21.7. The van der Waals surface area contributed by atoms with Gasteiger partial charge in [-0.3, -0.25) is 9.79 Å². The van der Waals surface area contributed by atoms with Gasteiger partial charge in [0.05, 0.1) is 6.61 Å². The van der Waals surface area contributed by atoms with Gasteiger partial charge in [-0.15, -0.1) is 24.0 Å². The molecule has 0 aromatic heterocycles. The highest BCUT2D eigenvalue weighted by atomic mass is 127. The standard InChI is InChI=1S/C18H28N4O2.HI/c1-14(13-24-3)21-18(19-2)20-11-15-7-4-5-8-16(15)12-22-10-6-9-17(22)23;/h4-5,7-8,14H,6,9-13H2,1-3H3,(H2,19,20,21);1H. The number of hydrogen-bond donors (Lipinski definition) is 2. The van der Waals surface area contributed by atoms with Gasteiger partial charge in [-0.05, 0) is 24.5 Å². The number of guanidine groups is 1. The molecule has 1 atom stereocenters. The monoisotopic (exact) mass is 460 g/mol. The molecule has 1 fully saturated rings. The topological polar surface area (TPSA) is 66.0 Å². The number of aliphatic imine (C=N–C) groups is 1. The molecule has 0 bridgehead atoms. The smallest absolute Gasteiger partial charge is 0.222 e. The molecule has 1 aromatic rings. The summed E-state index contributed by atoms with van der Waals surface area (Å²) in [6.07, 6.45) is 1.64. The van der Waals surface area contributed by atoms with Crippen molar-refractivity contribution in [2.75, 3.05) is 27.3 Å². The number of halogens is 1. The summed E-state index contributed by atoms with van der Waals surface area (Å²) >= 11 is 0. The van der Waals surface area contributed by atoms with E-state index in [0.29, 0.717) is 26.1 Å². The Kier molecular flexibility index (Phi) is 9.81. The lowest BCUT2D eigenvalue weighted by Crippen LogP contribution is -2.43. The van der Waals surface area contributed by atoms with E-state index in [0.717, 1.165) is 18.9 Å². The van der Waals surface area contributed by atoms with Gasteiger partial charge in [0, 0.05) is 46.3 Å². The van der Waals surface area contributed by atoms with E-state index in [2.05, 4.69) is 27.8 Å². The predicted molar refractivity (Wildman–Crippen MR) is 111 cm³/mol. The first-order valence-electron chi connectivity index (χ1n) is 8.44. The van der Waals surface area contributed by atoms with Crippen molar-refractivity contribution >= 4 is 35.8 Å². The lowest BCUT2D eigenvalue weighted by molar-refractivity contribution is -0.128. The fourth-order valence-electron chi connectivity index (χ4n) is 2.86. The van der Waals surface area contributed by atoms with Crippen LogP contribution in [-0.4, -0.2) is 50.1 Å². The van der Waals surface area contributed by atoms with E-state index in [1.54, 1.807) is 14.2 Å². The average molecular weight is 460 g/mol. The number of carbonyl (C=O) groups is 1. The SMILES string of the molecule is CN=C(NCc1ccccc1CN1CCCC1=O)NC(C)COC.I. The van der Waals surface area contributed by atoms with Crippen LogP contribution < -0.4 is 10.6 Å². The molecule has 2 N–H and O–H groups in total. The van der Waals surface area contributed by atoms with Crippen molar-refractivity contribution in [1.82, 2.24) is 15.5 Å². The lowest BCUT2D eigenvalue weighted by atomic mass is 10.1. The van der Waals surface area contributed by atoms with Crippen LogP contribution in [0.5, 0.6) is 0 Å². The zero-order valence-corrected chi connectivity index (χ0v) is 17.6. The summed E-state index contributed by atoms with van der Waals surface area (Å²) in [5.41, 5.74) is 2.36. The van der Waals surface area contributed by atoms with E-state index in [1.807, 2.05) is 24.0 Å². The number of benzene rings is 1. The predicted octanol–water partition coefficient (Wildman–Crippen LogP) is 2.13. The lowest BCUT2D eigenvalue weighted by Gasteiger charge is -2.20. The number of nitrogens with zero attached hydrogens (tertiary/aromatic N) is 2. The summed E-state index contributed by atoms with van der Waals surface area (Å²) in [6.45, 7) is 4.87. The molecular weight excluding hydrogens is 431 g/mol. The highest BCUT2D eigenvalue weighted by molar-refractivity contribution is 14.0. The van der Waals surface area contributed by atoms with E-state index < -0.39 is 0 Å². The van der Waals surface area contributed by atoms with Gasteiger partial charge in [0.2, 0.25) is 5.91 Å². The number of likely N-dealkylation sites (tertiary alicyclic amines) is 1. The third kappa shape index (κ3) is 6.81. The molecular formula is C18H29IN4O2. The van der Waals surface area contributed by atoms with Gasteiger partial charge < -0.3 is 20.3 Å². The number of methoxy groups -OCH3 is 1. The molecule has 1 heterocycles. The van der Waals surface area contributed by atoms with Crippen molar-refractivity contribution in [3.63, 3.8) is 0 Å². The summed E-state index contributed by atoms with van der Waals surface area (Å²) in [5, 5.41) is 6.62. The quantitative estimate of drug-likeness (QED) is 0.372. The molecule has 25 heavy (non-hydrogen) atoms. The van der Waals surface area contributed by atoms with Crippen LogP contribution in [0.3, 0.4) is 0 Å². The van der Waals surface area contributed by atoms with Gasteiger partial charge in [0.1, 0.15) is 0 Å². The first-order valence-corrected chi connectivity index (χ1v) is 8.44. The number of amides is 1. The highest BCUT2D eigenvalue weighted by Gasteiger charge is 2.20. The van der Waals surface area contributed by atoms with Gasteiger partial charge in [-0.25, -0.2) is 0 Å². The molecule has 0 aliphatic carbocycles. The van der Waals surface area contributed by atoms with Crippen LogP contribution in [-0.2, 0) is 22.6 Å². The Morgan fingerprint density at radius 2 is 2.08 bits per heavy atom. The van der Waals surface area contributed by atoms with Crippen LogP contribution in [0.25, 0.3) is 0 Å². The van der Waals surface area contributed by atoms with Crippen molar-refractivity contribution in [3.8, 4) is 0 Å². The van der Waals surface area contributed by atoms with Crippen LogP contribution in [0.15, 0.2) is 29.3 Å². The summed E-state index contributed by atoms with van der Waals surface area (Å²) in [4.78, 5) is 18.0. The van der Waals surface area contributed by atoms with E-state index in [1.165, 1.54) is 11.1 Å². The minimum absolute atomic E-state index is 0. The van der Waals surface area contributed by atoms with Crippen LogP contribution >= 0.6 is 24.0 Å². The van der Waals surface area contributed by atoms with E-state index in [4.69, 9.17) is 4.74 Å².